The summed E-state index contributed by atoms with van der Waals surface area (Å²) in [5.74, 6) is 0. The van der Waals surface area contributed by atoms with Crippen molar-refractivity contribution in [2.75, 3.05) is 22.6 Å². The van der Waals surface area contributed by atoms with E-state index in [1.807, 2.05) is 0 Å². The minimum absolute atomic E-state index is 0.121. The Morgan fingerprint density at radius 1 is 1.14 bits per heavy atom. The van der Waals surface area contributed by atoms with E-state index in [2.05, 4.69) is 10.6 Å². The predicted molar refractivity (Wildman–Crippen MR) is 88.1 cm³/mol. The highest BCUT2D eigenvalue weighted by molar-refractivity contribution is 7.90. The van der Waals surface area contributed by atoms with E-state index in [9.17, 15) is 13.2 Å². The van der Waals surface area contributed by atoms with Crippen LogP contribution in [0.2, 0.25) is 5.02 Å². The molecule has 4 N–H and O–H groups in total. The molecule has 0 aromatic heterocycles. The Balaban J connectivity index is 2.12. The van der Waals surface area contributed by atoms with Gasteiger partial charge in [-0.3, -0.25) is 0 Å². The third-order valence-electron chi connectivity index (χ3n) is 2.76. The molecule has 0 bridgehead atoms. The quantitative estimate of drug-likeness (QED) is 0.748. The van der Waals surface area contributed by atoms with Gasteiger partial charge in [-0.1, -0.05) is 17.7 Å². The van der Waals surface area contributed by atoms with Gasteiger partial charge in [0.2, 0.25) is 0 Å². The van der Waals surface area contributed by atoms with Crippen LogP contribution in [-0.4, -0.2) is 20.7 Å². The molecule has 116 valence electrons. The molecule has 0 aliphatic rings. The third-order valence-corrected chi connectivity index (χ3v) is 4.18. The molecule has 0 aliphatic heterocycles. The fourth-order valence-corrected chi connectivity index (χ4v) is 2.62. The second-order valence-corrected chi connectivity index (χ2v) is 7.04. The number of hydrogen-bond donors (Lipinski definition) is 3. The summed E-state index contributed by atoms with van der Waals surface area (Å²) in [6, 6.07) is 10.1. The number of benzene rings is 2. The van der Waals surface area contributed by atoms with Gasteiger partial charge in [0.05, 0.1) is 15.6 Å². The Hall–Kier alpha value is -2.25. The zero-order valence-corrected chi connectivity index (χ0v) is 13.2. The molecule has 2 amide bonds. The molecule has 0 fully saturated rings. The van der Waals surface area contributed by atoms with E-state index in [1.165, 1.54) is 18.2 Å². The Kier molecular flexibility index (Phi) is 4.58. The fraction of sp³-hybridized carbons (Fsp3) is 0.0714. The molecule has 0 saturated carbocycles. The van der Waals surface area contributed by atoms with Crippen molar-refractivity contribution in [2.24, 2.45) is 0 Å². The lowest BCUT2D eigenvalue weighted by atomic mass is 10.3. The minimum Gasteiger partial charge on any atom is -0.399 e. The van der Waals surface area contributed by atoms with E-state index in [4.69, 9.17) is 17.3 Å². The number of sulfone groups is 1. The van der Waals surface area contributed by atoms with Crippen LogP contribution in [0.5, 0.6) is 0 Å². The standard InChI is InChI=1S/C14H14ClN3O3S/c1-22(20,21)11-4-2-3-10(8-11)17-14(19)18-13-6-5-9(16)7-12(13)15/h2-8H,16H2,1H3,(H2,17,18,19). The molecule has 0 heterocycles. The van der Waals surface area contributed by atoms with Crippen molar-refractivity contribution >= 4 is 44.5 Å². The Bertz CT molecular complexity index is 822. The lowest BCUT2D eigenvalue weighted by molar-refractivity contribution is 0.262. The number of anilines is 3. The average Bonchev–Trinajstić information content (AvgIpc) is 2.41. The van der Waals surface area contributed by atoms with Crippen molar-refractivity contribution in [3.05, 3.63) is 47.5 Å². The Morgan fingerprint density at radius 3 is 2.50 bits per heavy atom. The van der Waals surface area contributed by atoms with Crippen LogP contribution in [0.4, 0.5) is 21.9 Å². The van der Waals surface area contributed by atoms with E-state index >= 15 is 0 Å². The largest absolute Gasteiger partial charge is 0.399 e. The smallest absolute Gasteiger partial charge is 0.323 e. The van der Waals surface area contributed by atoms with Crippen LogP contribution in [0.3, 0.4) is 0 Å². The summed E-state index contributed by atoms with van der Waals surface area (Å²) in [6.07, 6.45) is 1.10. The van der Waals surface area contributed by atoms with Crippen LogP contribution < -0.4 is 16.4 Å². The van der Waals surface area contributed by atoms with Crippen LogP contribution in [0.15, 0.2) is 47.4 Å². The fourth-order valence-electron chi connectivity index (χ4n) is 1.72. The van der Waals surface area contributed by atoms with Gasteiger partial charge in [0.25, 0.3) is 0 Å². The van der Waals surface area contributed by atoms with Gasteiger partial charge in [0, 0.05) is 17.6 Å². The third kappa shape index (κ3) is 4.12. The first-order chi connectivity index (χ1) is 10.3. The molecule has 2 rings (SSSR count). The predicted octanol–water partition coefficient (Wildman–Crippen LogP) is 2.97. The number of amides is 2. The summed E-state index contributed by atoms with van der Waals surface area (Å²) in [7, 11) is -3.34. The van der Waals surface area contributed by atoms with E-state index < -0.39 is 15.9 Å². The molecule has 8 heteroatoms. The maximum Gasteiger partial charge on any atom is 0.323 e. The van der Waals surface area contributed by atoms with Crippen LogP contribution in [0, 0.1) is 0 Å². The summed E-state index contributed by atoms with van der Waals surface area (Å²) >= 11 is 5.96. The number of rotatable bonds is 3. The van der Waals surface area contributed by atoms with Crippen molar-refractivity contribution in [3.63, 3.8) is 0 Å². The van der Waals surface area contributed by atoms with Crippen LogP contribution in [0.1, 0.15) is 0 Å². The van der Waals surface area contributed by atoms with Crippen LogP contribution in [0.25, 0.3) is 0 Å². The van der Waals surface area contributed by atoms with Gasteiger partial charge in [-0.25, -0.2) is 13.2 Å². The van der Waals surface area contributed by atoms with Crippen molar-refractivity contribution in [1.29, 1.82) is 0 Å². The van der Waals surface area contributed by atoms with Crippen molar-refractivity contribution in [3.8, 4) is 0 Å². The Morgan fingerprint density at radius 2 is 1.86 bits per heavy atom. The number of carbonyl (C=O) groups excluding carboxylic acids is 1. The van der Waals surface area contributed by atoms with Gasteiger partial charge in [-0.15, -0.1) is 0 Å². The van der Waals surface area contributed by atoms with E-state index in [0.717, 1.165) is 6.26 Å². The van der Waals surface area contributed by atoms with E-state index in [-0.39, 0.29) is 4.90 Å². The zero-order valence-electron chi connectivity index (χ0n) is 11.6. The average molecular weight is 340 g/mol. The molecule has 6 nitrogen and oxygen atoms in total. The van der Waals surface area contributed by atoms with Crippen molar-refractivity contribution in [1.82, 2.24) is 0 Å². The van der Waals surface area contributed by atoms with Gasteiger partial charge < -0.3 is 16.4 Å². The van der Waals surface area contributed by atoms with Gasteiger partial charge in [-0.2, -0.15) is 0 Å². The molecule has 0 spiro atoms. The van der Waals surface area contributed by atoms with Crippen molar-refractivity contribution in [2.45, 2.75) is 4.90 Å². The molecule has 0 saturated heterocycles. The zero-order chi connectivity index (χ0) is 16.3. The molecule has 0 unspecified atom stereocenters. The number of hydrogen-bond acceptors (Lipinski definition) is 4. The number of halogens is 1. The lowest BCUT2D eigenvalue weighted by Crippen LogP contribution is -2.19. The maximum atomic E-state index is 11.9. The summed E-state index contributed by atoms with van der Waals surface area (Å²) in [5, 5.41) is 5.40. The molecular weight excluding hydrogens is 326 g/mol. The molecule has 0 radical (unpaired) electrons. The first kappa shape index (κ1) is 16.1. The van der Waals surface area contributed by atoms with E-state index in [0.29, 0.717) is 22.1 Å². The highest BCUT2D eigenvalue weighted by Gasteiger charge is 2.10. The second kappa shape index (κ2) is 6.25. The summed E-state index contributed by atoms with van der Waals surface area (Å²) in [4.78, 5) is 12.0. The number of nitrogens with one attached hydrogen (secondary N) is 2. The Labute approximate surface area is 133 Å². The molecule has 0 atom stereocenters. The summed E-state index contributed by atoms with van der Waals surface area (Å²) in [6.45, 7) is 0. The molecule has 22 heavy (non-hydrogen) atoms. The van der Waals surface area contributed by atoms with Crippen LogP contribution >= 0.6 is 11.6 Å². The molecule has 0 aliphatic carbocycles. The van der Waals surface area contributed by atoms with Crippen molar-refractivity contribution < 1.29 is 13.2 Å². The van der Waals surface area contributed by atoms with Gasteiger partial charge in [0.15, 0.2) is 9.84 Å². The minimum atomic E-state index is -3.34. The monoisotopic (exact) mass is 339 g/mol. The lowest BCUT2D eigenvalue weighted by Gasteiger charge is -2.10. The normalized spacial score (nSPS) is 11.0. The molecule has 2 aromatic carbocycles. The number of urea groups is 1. The van der Waals surface area contributed by atoms with Gasteiger partial charge in [-0.05, 0) is 36.4 Å². The van der Waals surface area contributed by atoms with E-state index in [1.54, 1.807) is 24.3 Å². The molecule has 2 aromatic rings. The SMILES string of the molecule is CS(=O)(=O)c1cccc(NC(=O)Nc2ccc(N)cc2Cl)c1. The van der Waals surface area contributed by atoms with Crippen LogP contribution in [-0.2, 0) is 9.84 Å². The number of carbonyl (C=O) groups is 1. The topological polar surface area (TPSA) is 101 Å². The first-order valence-electron chi connectivity index (χ1n) is 6.19. The molecular formula is C14H14ClN3O3S. The maximum absolute atomic E-state index is 11.9. The first-order valence-corrected chi connectivity index (χ1v) is 8.46. The van der Waals surface area contributed by atoms with Gasteiger partial charge in [0.1, 0.15) is 0 Å². The summed E-state index contributed by atoms with van der Waals surface area (Å²) < 4.78 is 23.0. The second-order valence-electron chi connectivity index (χ2n) is 4.62. The highest BCUT2D eigenvalue weighted by atomic mass is 35.5. The highest BCUT2D eigenvalue weighted by Crippen LogP contribution is 2.24. The van der Waals surface area contributed by atoms with Gasteiger partial charge >= 0.3 is 6.03 Å². The number of nitrogen functional groups attached to an aromatic ring is 1. The number of nitrogens with two attached hydrogens (primary N) is 1. The summed E-state index contributed by atoms with van der Waals surface area (Å²) in [5.41, 5.74) is 6.80.